The van der Waals surface area contributed by atoms with Crippen LogP contribution in [0.5, 0.6) is 0 Å². The third kappa shape index (κ3) is 5.67. The minimum atomic E-state index is -0.853. The summed E-state index contributed by atoms with van der Waals surface area (Å²) in [6, 6.07) is 46.7. The van der Waals surface area contributed by atoms with E-state index in [0.717, 1.165) is 71.3 Å². The van der Waals surface area contributed by atoms with Gasteiger partial charge in [-0.05, 0) is 68.6 Å². The van der Waals surface area contributed by atoms with E-state index >= 15 is 0 Å². The molecule has 254 valence electrons. The molecule has 0 aliphatic heterocycles. The number of unbranched alkanes of at least 4 members (excludes halogenated alkanes) is 1. The molecular weight excluding hydrogens is 652 g/mol. The maximum absolute atomic E-state index is 9.97. The van der Waals surface area contributed by atoms with Crippen LogP contribution in [0.4, 0.5) is 0 Å². The van der Waals surface area contributed by atoms with E-state index in [0.29, 0.717) is 16.7 Å². The number of imidazole rings is 1. The van der Waals surface area contributed by atoms with Gasteiger partial charge < -0.3 is 9.67 Å². The summed E-state index contributed by atoms with van der Waals surface area (Å²) in [6.07, 6.45) is 4.76. The molecule has 1 atom stereocenters. The van der Waals surface area contributed by atoms with Crippen LogP contribution in [0, 0.1) is 0 Å². The third-order valence-electron chi connectivity index (χ3n) is 10.2. The number of fused-ring (bicyclic) bond motifs is 1. The van der Waals surface area contributed by atoms with Crippen LogP contribution in [0.2, 0.25) is 5.15 Å². The molecule has 7 aromatic rings. The number of aromatic nitrogens is 6. The molecule has 1 aliphatic rings. The van der Waals surface area contributed by atoms with E-state index in [4.69, 9.17) is 26.9 Å². The van der Waals surface area contributed by atoms with Crippen LogP contribution in [-0.2, 0) is 25.0 Å². The van der Waals surface area contributed by atoms with Crippen LogP contribution >= 0.6 is 11.6 Å². The lowest BCUT2D eigenvalue weighted by Gasteiger charge is -2.36. The van der Waals surface area contributed by atoms with Crippen LogP contribution in [0.25, 0.3) is 22.5 Å². The fraction of sp³-hybridized carbons (Fsp3) is 0.209. The Morgan fingerprint density at radius 1 is 0.784 bits per heavy atom. The minimum absolute atomic E-state index is 0.0759. The van der Waals surface area contributed by atoms with Gasteiger partial charge in [0.05, 0.1) is 12.6 Å². The lowest BCUT2D eigenvalue weighted by Crippen LogP contribution is -2.39. The first-order valence-corrected chi connectivity index (χ1v) is 18.1. The molecule has 2 heterocycles. The van der Waals surface area contributed by atoms with Gasteiger partial charge in [-0.2, -0.15) is 0 Å². The number of hydrogen-bond acceptors (Lipinski definition) is 5. The maximum atomic E-state index is 9.97. The Kier molecular flexibility index (Phi) is 9.07. The molecule has 0 radical (unpaired) electrons. The smallest absolute Gasteiger partial charge is 0.184 e. The lowest BCUT2D eigenvalue weighted by molar-refractivity contribution is 0.277. The zero-order valence-electron chi connectivity index (χ0n) is 28.5. The van der Waals surface area contributed by atoms with Gasteiger partial charge in [0.2, 0.25) is 0 Å². The predicted octanol–water partition coefficient (Wildman–Crippen LogP) is 9.07. The number of nitrogens with zero attached hydrogens (tertiary/aromatic N) is 6. The normalized spacial score (nSPS) is 14.1. The van der Waals surface area contributed by atoms with Crippen molar-refractivity contribution in [1.82, 2.24) is 29.8 Å². The Hall–Kier alpha value is -5.37. The summed E-state index contributed by atoms with van der Waals surface area (Å²) in [5.41, 5.74) is 8.49. The molecule has 0 bridgehead atoms. The molecule has 5 aromatic carbocycles. The second-order valence-corrected chi connectivity index (χ2v) is 13.5. The molecule has 0 fully saturated rings. The number of hydrogen-bond donors (Lipinski definition) is 1. The first kappa shape index (κ1) is 32.8. The monoisotopic (exact) mass is 690 g/mol. The standard InChI is InChI=1S/C43H39ClN6O/c1-2-3-23-40-45-38(29-51)41(44)49(40)39-27-25-31-28-30(24-26-36(31)39)35-21-13-14-22-37(35)42-46-47-48-50(42)43(32-15-7-4-8-16-32,33-17-9-5-10-18-33)34-19-11-6-12-20-34/h4-22,24,26,28,39,51H,2-3,23,25,27,29H2,1H3. The number of halogens is 1. The Balaban J connectivity index is 1.26. The van der Waals surface area contributed by atoms with Crippen molar-refractivity contribution in [3.63, 3.8) is 0 Å². The number of rotatable bonds is 11. The quantitative estimate of drug-likeness (QED) is 0.137. The zero-order valence-corrected chi connectivity index (χ0v) is 29.3. The van der Waals surface area contributed by atoms with E-state index in [1.807, 2.05) is 28.9 Å². The predicted molar refractivity (Wildman–Crippen MR) is 202 cm³/mol. The summed E-state index contributed by atoms with van der Waals surface area (Å²) >= 11 is 6.86. The van der Waals surface area contributed by atoms with E-state index < -0.39 is 5.54 Å². The van der Waals surface area contributed by atoms with Gasteiger partial charge in [-0.25, -0.2) is 9.67 Å². The first-order valence-electron chi connectivity index (χ1n) is 17.7. The van der Waals surface area contributed by atoms with E-state index in [2.05, 4.69) is 126 Å². The summed E-state index contributed by atoms with van der Waals surface area (Å²) in [5, 5.41) is 24.4. The van der Waals surface area contributed by atoms with Crippen molar-refractivity contribution in [2.45, 2.75) is 57.2 Å². The number of aliphatic hydroxyl groups is 1. The Morgan fingerprint density at radius 2 is 1.39 bits per heavy atom. The van der Waals surface area contributed by atoms with Crippen LogP contribution in [0.1, 0.15) is 71.6 Å². The van der Waals surface area contributed by atoms with E-state index in [-0.39, 0.29) is 12.6 Å². The lowest BCUT2D eigenvalue weighted by atomic mass is 9.77. The molecule has 2 aromatic heterocycles. The van der Waals surface area contributed by atoms with Crippen LogP contribution in [0.3, 0.4) is 0 Å². The topological polar surface area (TPSA) is 81.7 Å². The minimum Gasteiger partial charge on any atom is -0.390 e. The van der Waals surface area contributed by atoms with Gasteiger partial charge in [0.15, 0.2) is 5.82 Å². The highest BCUT2D eigenvalue weighted by atomic mass is 35.5. The summed E-state index contributed by atoms with van der Waals surface area (Å²) in [6.45, 7) is 2.01. The van der Waals surface area contributed by atoms with E-state index in [1.165, 1.54) is 11.1 Å². The molecule has 0 saturated heterocycles. The fourth-order valence-corrected chi connectivity index (χ4v) is 8.20. The Morgan fingerprint density at radius 3 is 2.00 bits per heavy atom. The summed E-state index contributed by atoms with van der Waals surface area (Å²) in [5.74, 6) is 1.62. The molecule has 8 heteroatoms. The largest absolute Gasteiger partial charge is 0.390 e. The van der Waals surface area contributed by atoms with Gasteiger partial charge in [0.1, 0.15) is 22.2 Å². The second kappa shape index (κ2) is 14.1. The van der Waals surface area contributed by atoms with Crippen LogP contribution in [0.15, 0.2) is 133 Å². The van der Waals surface area contributed by atoms with Gasteiger partial charge in [0.25, 0.3) is 0 Å². The molecule has 1 aliphatic carbocycles. The first-order chi connectivity index (χ1) is 25.1. The molecule has 1 unspecified atom stereocenters. The van der Waals surface area contributed by atoms with Crippen molar-refractivity contribution < 1.29 is 5.11 Å². The Bertz CT molecular complexity index is 2170. The zero-order chi connectivity index (χ0) is 34.8. The summed E-state index contributed by atoms with van der Waals surface area (Å²) in [7, 11) is 0. The highest BCUT2D eigenvalue weighted by Crippen LogP contribution is 2.45. The summed E-state index contributed by atoms with van der Waals surface area (Å²) < 4.78 is 4.15. The number of tetrazole rings is 1. The van der Waals surface area contributed by atoms with Gasteiger partial charge in [-0.1, -0.05) is 158 Å². The second-order valence-electron chi connectivity index (χ2n) is 13.1. The molecular formula is C43H39ClN6O. The molecule has 0 amide bonds. The van der Waals surface area contributed by atoms with Crippen molar-refractivity contribution in [2.24, 2.45) is 0 Å². The van der Waals surface area contributed by atoms with Gasteiger partial charge in [-0.15, -0.1) is 5.10 Å². The number of aliphatic hydroxyl groups excluding tert-OH is 1. The fourth-order valence-electron chi connectivity index (χ4n) is 7.88. The number of aryl methyl sites for hydroxylation is 2. The van der Waals surface area contributed by atoms with Crippen molar-refractivity contribution >= 4 is 11.6 Å². The van der Waals surface area contributed by atoms with Gasteiger partial charge in [0, 0.05) is 12.0 Å². The van der Waals surface area contributed by atoms with Crippen molar-refractivity contribution in [3.05, 3.63) is 178 Å². The highest BCUT2D eigenvalue weighted by molar-refractivity contribution is 6.30. The van der Waals surface area contributed by atoms with Crippen molar-refractivity contribution in [1.29, 1.82) is 0 Å². The molecule has 8 rings (SSSR count). The molecule has 0 spiro atoms. The van der Waals surface area contributed by atoms with Crippen LogP contribution < -0.4 is 0 Å². The molecule has 0 saturated carbocycles. The van der Waals surface area contributed by atoms with Crippen molar-refractivity contribution in [3.8, 4) is 22.5 Å². The third-order valence-corrected chi connectivity index (χ3v) is 10.6. The average Bonchev–Trinajstić information content (AvgIpc) is 3.92. The van der Waals surface area contributed by atoms with Crippen LogP contribution in [-0.4, -0.2) is 34.9 Å². The molecule has 7 nitrogen and oxygen atoms in total. The van der Waals surface area contributed by atoms with Gasteiger partial charge in [-0.3, -0.25) is 0 Å². The van der Waals surface area contributed by atoms with E-state index in [1.54, 1.807) is 0 Å². The average molecular weight is 691 g/mol. The maximum Gasteiger partial charge on any atom is 0.184 e. The number of benzene rings is 5. The molecule has 51 heavy (non-hydrogen) atoms. The van der Waals surface area contributed by atoms with E-state index in [9.17, 15) is 5.11 Å². The summed E-state index contributed by atoms with van der Waals surface area (Å²) in [4.78, 5) is 4.74. The SMILES string of the molecule is CCCCc1nc(CO)c(Cl)n1C1CCc2cc(-c3ccccc3-c3nnnn3C(c3ccccc3)(c3ccccc3)c3ccccc3)ccc21. The molecule has 1 N–H and O–H groups in total. The Labute approximate surface area is 303 Å². The highest BCUT2D eigenvalue weighted by Gasteiger charge is 2.42. The van der Waals surface area contributed by atoms with Crippen molar-refractivity contribution in [2.75, 3.05) is 0 Å². The van der Waals surface area contributed by atoms with Gasteiger partial charge >= 0.3 is 0 Å².